The quantitative estimate of drug-likeness (QED) is 0.568. The third kappa shape index (κ3) is 4.45. The highest BCUT2D eigenvalue weighted by Gasteiger charge is 2.30. The van der Waals surface area contributed by atoms with Gasteiger partial charge >= 0.3 is 5.97 Å². The van der Waals surface area contributed by atoms with Gasteiger partial charge in [0.15, 0.2) is 0 Å². The van der Waals surface area contributed by atoms with E-state index in [-0.39, 0.29) is 23.8 Å². The van der Waals surface area contributed by atoms with Gasteiger partial charge in [-0.15, -0.1) is 0 Å². The number of halogens is 1. The van der Waals surface area contributed by atoms with Crippen LogP contribution >= 0.6 is 0 Å². The number of hydrogen-bond acceptors (Lipinski definition) is 3. The highest BCUT2D eigenvalue weighted by Crippen LogP contribution is 2.45. The Hall–Kier alpha value is -3.19. The van der Waals surface area contributed by atoms with Crippen molar-refractivity contribution < 1.29 is 19.1 Å². The fourth-order valence-electron chi connectivity index (χ4n) is 5.85. The number of aromatic carboxylic acids is 1. The monoisotopic (exact) mass is 477 g/mol. The summed E-state index contributed by atoms with van der Waals surface area (Å²) in [6.45, 7) is 1.66. The van der Waals surface area contributed by atoms with Crippen LogP contribution in [0.3, 0.4) is 0 Å². The first-order valence-electron chi connectivity index (χ1n) is 12.4. The van der Waals surface area contributed by atoms with Gasteiger partial charge in [0.2, 0.25) is 5.91 Å². The molecule has 2 aliphatic rings. The van der Waals surface area contributed by atoms with Crippen LogP contribution in [-0.2, 0) is 17.9 Å². The van der Waals surface area contributed by atoms with Crippen LogP contribution in [0.1, 0.15) is 59.5 Å². The van der Waals surface area contributed by atoms with Crippen LogP contribution in [0.4, 0.5) is 4.39 Å². The molecular formula is C28H32FN3O3. The van der Waals surface area contributed by atoms with Crippen LogP contribution in [0.25, 0.3) is 22.2 Å². The fraction of sp³-hybridized carbons (Fsp3) is 0.429. The van der Waals surface area contributed by atoms with Gasteiger partial charge in [-0.05, 0) is 74.3 Å². The SMILES string of the molecule is CN(C)CC(=O)N1CCn2c(c(C3CCCCC3)c3ccc(C(=O)O)cc32)-c2ccc(F)cc2C1. The molecule has 6 nitrogen and oxygen atoms in total. The van der Waals surface area contributed by atoms with Gasteiger partial charge in [-0.1, -0.05) is 25.3 Å². The van der Waals surface area contributed by atoms with Gasteiger partial charge in [-0.3, -0.25) is 4.79 Å². The van der Waals surface area contributed by atoms with Gasteiger partial charge in [0.05, 0.1) is 17.8 Å². The molecule has 0 saturated heterocycles. The highest BCUT2D eigenvalue weighted by molar-refractivity contribution is 5.98. The molecular weight excluding hydrogens is 445 g/mol. The number of benzene rings is 2. The van der Waals surface area contributed by atoms with E-state index >= 15 is 0 Å². The molecule has 7 heteroatoms. The van der Waals surface area contributed by atoms with E-state index < -0.39 is 5.97 Å². The van der Waals surface area contributed by atoms with E-state index in [2.05, 4.69) is 4.57 Å². The lowest BCUT2D eigenvalue weighted by atomic mass is 9.81. The van der Waals surface area contributed by atoms with Crippen LogP contribution in [-0.4, -0.2) is 58.5 Å². The number of carboxylic acids is 1. The van der Waals surface area contributed by atoms with Crippen molar-refractivity contribution in [1.29, 1.82) is 0 Å². The van der Waals surface area contributed by atoms with Crippen LogP contribution in [0.5, 0.6) is 0 Å². The van der Waals surface area contributed by atoms with E-state index in [0.29, 0.717) is 25.6 Å². The van der Waals surface area contributed by atoms with Crippen molar-refractivity contribution >= 4 is 22.8 Å². The van der Waals surface area contributed by atoms with Crippen molar-refractivity contribution in [2.75, 3.05) is 27.2 Å². The third-order valence-electron chi connectivity index (χ3n) is 7.45. The Labute approximate surface area is 204 Å². The average Bonchev–Trinajstić information content (AvgIpc) is 3.13. The summed E-state index contributed by atoms with van der Waals surface area (Å²) < 4.78 is 16.6. The Kier molecular flexibility index (Phi) is 6.36. The standard InChI is InChI=1S/C28H32FN3O3/c1-30(2)17-25(33)31-12-13-32-24-15-19(28(34)35)8-10-23(24)26(18-6-4-3-5-7-18)27(32)22-11-9-21(29)14-20(22)16-31/h8-11,14-15,18H,3-7,12-13,16-17H2,1-2H3,(H,34,35). The summed E-state index contributed by atoms with van der Waals surface area (Å²) in [5.41, 5.74) is 5.15. The lowest BCUT2D eigenvalue weighted by molar-refractivity contribution is -0.132. The largest absolute Gasteiger partial charge is 0.478 e. The first kappa shape index (κ1) is 23.5. The normalized spacial score (nSPS) is 16.6. The maximum Gasteiger partial charge on any atom is 0.335 e. The number of aromatic nitrogens is 1. The smallest absolute Gasteiger partial charge is 0.335 e. The summed E-state index contributed by atoms with van der Waals surface area (Å²) in [5, 5.41) is 10.8. The maximum absolute atomic E-state index is 14.5. The van der Waals surface area contributed by atoms with Crippen molar-refractivity contribution in [3.05, 3.63) is 58.9 Å². The van der Waals surface area contributed by atoms with Crippen molar-refractivity contribution in [2.45, 2.75) is 51.1 Å². The zero-order valence-electron chi connectivity index (χ0n) is 20.4. The molecule has 3 aromatic rings. The molecule has 1 N–H and O–H groups in total. The van der Waals surface area contributed by atoms with Crippen LogP contribution in [0.2, 0.25) is 0 Å². The number of rotatable bonds is 4. The number of likely N-dealkylation sites (N-methyl/N-ethyl adjacent to an activating group) is 1. The van der Waals surface area contributed by atoms with E-state index in [4.69, 9.17) is 0 Å². The average molecular weight is 478 g/mol. The predicted octanol–water partition coefficient (Wildman–Crippen LogP) is 5.10. The Balaban J connectivity index is 1.75. The summed E-state index contributed by atoms with van der Waals surface area (Å²) in [6.07, 6.45) is 5.77. The Bertz CT molecular complexity index is 1290. The minimum atomic E-state index is -0.960. The second-order valence-corrected chi connectivity index (χ2v) is 10.1. The number of nitrogens with zero attached hydrogens (tertiary/aromatic N) is 3. The van der Waals surface area contributed by atoms with Gasteiger partial charge in [0.1, 0.15) is 5.82 Å². The summed E-state index contributed by atoms with van der Waals surface area (Å²) in [7, 11) is 3.72. The lowest BCUT2D eigenvalue weighted by Gasteiger charge is -2.30. The molecule has 0 bridgehead atoms. The molecule has 2 aromatic carbocycles. The number of carbonyl (C=O) groups excluding carboxylic acids is 1. The molecule has 35 heavy (non-hydrogen) atoms. The van der Waals surface area contributed by atoms with Crippen LogP contribution in [0, 0.1) is 5.82 Å². The van der Waals surface area contributed by atoms with Gasteiger partial charge in [-0.2, -0.15) is 0 Å². The van der Waals surface area contributed by atoms with Crippen molar-refractivity contribution in [1.82, 2.24) is 14.4 Å². The maximum atomic E-state index is 14.5. The molecule has 1 fully saturated rings. The van der Waals surface area contributed by atoms with Crippen molar-refractivity contribution in [3.63, 3.8) is 0 Å². The topological polar surface area (TPSA) is 65.8 Å². The highest BCUT2D eigenvalue weighted by atomic mass is 19.1. The number of hydrogen-bond donors (Lipinski definition) is 1. The molecule has 2 heterocycles. The molecule has 1 saturated carbocycles. The second kappa shape index (κ2) is 9.46. The Morgan fingerprint density at radius 2 is 1.83 bits per heavy atom. The minimum Gasteiger partial charge on any atom is -0.478 e. The summed E-state index contributed by atoms with van der Waals surface area (Å²) in [6, 6.07) is 10.2. The zero-order valence-corrected chi connectivity index (χ0v) is 20.4. The van der Waals surface area contributed by atoms with Crippen molar-refractivity contribution in [3.8, 4) is 11.3 Å². The summed E-state index contributed by atoms with van der Waals surface area (Å²) in [4.78, 5) is 28.5. The van der Waals surface area contributed by atoms with E-state index in [9.17, 15) is 19.1 Å². The second-order valence-electron chi connectivity index (χ2n) is 10.1. The Morgan fingerprint density at radius 1 is 1.06 bits per heavy atom. The van der Waals surface area contributed by atoms with Gasteiger partial charge in [0, 0.05) is 36.1 Å². The van der Waals surface area contributed by atoms with E-state index in [1.54, 1.807) is 23.1 Å². The van der Waals surface area contributed by atoms with Gasteiger partial charge in [0.25, 0.3) is 0 Å². The Morgan fingerprint density at radius 3 is 2.54 bits per heavy atom. The molecule has 0 radical (unpaired) electrons. The molecule has 0 spiro atoms. The molecule has 1 aromatic heterocycles. The molecule has 0 atom stereocenters. The van der Waals surface area contributed by atoms with E-state index in [1.807, 2.05) is 31.1 Å². The first-order chi connectivity index (χ1) is 16.8. The van der Waals surface area contributed by atoms with Crippen molar-refractivity contribution in [2.24, 2.45) is 0 Å². The number of carbonyl (C=O) groups is 2. The number of carboxylic acid groups (broad SMARTS) is 1. The predicted molar refractivity (Wildman–Crippen MR) is 134 cm³/mol. The zero-order chi connectivity index (χ0) is 24.7. The van der Waals surface area contributed by atoms with E-state index in [1.165, 1.54) is 30.9 Å². The minimum absolute atomic E-state index is 0.0103. The third-order valence-corrected chi connectivity index (χ3v) is 7.45. The summed E-state index contributed by atoms with van der Waals surface area (Å²) in [5.74, 6) is -0.914. The molecule has 1 aliphatic heterocycles. The number of amides is 1. The number of fused-ring (bicyclic) bond motifs is 5. The molecule has 0 unspecified atom stereocenters. The fourth-order valence-corrected chi connectivity index (χ4v) is 5.85. The van der Waals surface area contributed by atoms with Gasteiger partial charge < -0.3 is 19.5 Å². The molecule has 1 amide bonds. The van der Waals surface area contributed by atoms with E-state index in [0.717, 1.165) is 40.6 Å². The summed E-state index contributed by atoms with van der Waals surface area (Å²) >= 11 is 0. The van der Waals surface area contributed by atoms with Gasteiger partial charge in [-0.25, -0.2) is 9.18 Å². The molecule has 184 valence electrons. The molecule has 1 aliphatic carbocycles. The molecule has 5 rings (SSSR count). The first-order valence-corrected chi connectivity index (χ1v) is 12.4. The lowest BCUT2D eigenvalue weighted by Crippen LogP contribution is -2.40. The van der Waals surface area contributed by atoms with Crippen LogP contribution in [0.15, 0.2) is 36.4 Å². The van der Waals surface area contributed by atoms with Crippen LogP contribution < -0.4 is 0 Å².